The quantitative estimate of drug-likeness (QED) is 0.332. The minimum atomic E-state index is -3.98. The fourth-order valence-electron chi connectivity index (χ4n) is 5.38. The molecule has 2 aromatic carbocycles. The lowest BCUT2D eigenvalue weighted by Crippen LogP contribution is -2.53. The highest BCUT2D eigenvalue weighted by molar-refractivity contribution is 7.89. The average molecular weight is 753 g/mol. The van der Waals surface area contributed by atoms with E-state index in [1.54, 1.807) is 24.3 Å². The molecule has 0 saturated carbocycles. The Morgan fingerprint density at radius 1 is 0.588 bits per heavy atom. The van der Waals surface area contributed by atoms with Crippen LogP contribution in [0.25, 0.3) is 0 Å². The molecule has 2 aromatic rings. The van der Waals surface area contributed by atoms with Crippen LogP contribution in [0.15, 0.2) is 58.3 Å². The summed E-state index contributed by atoms with van der Waals surface area (Å²) >= 11 is 0. The van der Waals surface area contributed by atoms with Crippen molar-refractivity contribution < 1.29 is 40.6 Å². The van der Waals surface area contributed by atoms with Crippen LogP contribution in [-0.4, -0.2) is 116 Å². The molecule has 15 heteroatoms. The van der Waals surface area contributed by atoms with Crippen LogP contribution in [-0.2, 0) is 43.8 Å². The maximum atomic E-state index is 14.0. The molecule has 1 aliphatic rings. The number of hydrogen-bond donors (Lipinski definition) is 2. The number of hydrogen-bond acceptors (Lipinski definition) is 9. The molecule has 1 aliphatic heterocycles. The van der Waals surface area contributed by atoms with Crippen LogP contribution in [0, 0.1) is 25.7 Å². The summed E-state index contributed by atoms with van der Waals surface area (Å²) in [5, 5.41) is 0. The standard InChI is InChI=1S/C36H56N4O9S2/c1-7-29(5)33(37-50(43,44)31-13-9-27(3)10-14-31)35(41)39-17-21-47-22-18-40(20-24-49-26-25-48-23-19-39)36(42)34(30(6)8-2)38-51(45,46)32-15-11-28(4)12-16-32/h9-16,29-30,33-34,37-38H,7-8,17-26H2,1-6H3/t29-,30-,33-,34+/m0/s1. The zero-order chi connectivity index (χ0) is 37.6. The Balaban J connectivity index is 1.74. The molecule has 13 nitrogen and oxygen atoms in total. The molecule has 1 fully saturated rings. The summed E-state index contributed by atoms with van der Waals surface area (Å²) < 4.78 is 76.0. The van der Waals surface area contributed by atoms with Crippen LogP contribution in [0.4, 0.5) is 0 Å². The number of ether oxygens (including phenoxy) is 3. The summed E-state index contributed by atoms with van der Waals surface area (Å²) in [6, 6.07) is 10.9. The van der Waals surface area contributed by atoms with Gasteiger partial charge in [0.25, 0.3) is 0 Å². The Labute approximate surface area is 304 Å². The largest absolute Gasteiger partial charge is 0.378 e. The van der Waals surface area contributed by atoms with Crippen molar-refractivity contribution in [3.63, 3.8) is 0 Å². The zero-order valence-corrected chi connectivity index (χ0v) is 32.4. The number of sulfonamides is 2. The number of amides is 2. The van der Waals surface area contributed by atoms with Gasteiger partial charge in [-0.2, -0.15) is 9.44 Å². The molecule has 0 aromatic heterocycles. The number of nitrogens with one attached hydrogen (secondary N) is 2. The molecule has 2 amide bonds. The molecule has 3 rings (SSSR count). The van der Waals surface area contributed by atoms with Gasteiger partial charge in [0, 0.05) is 26.2 Å². The Hall–Kier alpha value is -2.92. The van der Waals surface area contributed by atoms with Gasteiger partial charge in [0.15, 0.2) is 0 Å². The van der Waals surface area contributed by atoms with E-state index >= 15 is 0 Å². The smallest absolute Gasteiger partial charge is 0.241 e. The third kappa shape index (κ3) is 12.9. The van der Waals surface area contributed by atoms with Crippen molar-refractivity contribution in [1.82, 2.24) is 19.2 Å². The van der Waals surface area contributed by atoms with Gasteiger partial charge in [-0.1, -0.05) is 75.9 Å². The summed E-state index contributed by atoms with van der Waals surface area (Å²) in [4.78, 5) is 31.1. The van der Waals surface area contributed by atoms with E-state index < -0.39 is 32.1 Å². The van der Waals surface area contributed by atoms with E-state index in [1.165, 1.54) is 34.1 Å². The molecule has 51 heavy (non-hydrogen) atoms. The second-order valence-electron chi connectivity index (χ2n) is 13.1. The molecular weight excluding hydrogens is 697 g/mol. The highest BCUT2D eigenvalue weighted by Crippen LogP contribution is 2.19. The molecule has 4 atom stereocenters. The molecule has 0 radical (unpaired) electrons. The lowest BCUT2D eigenvalue weighted by atomic mass is 9.99. The molecule has 286 valence electrons. The highest BCUT2D eigenvalue weighted by Gasteiger charge is 2.34. The van der Waals surface area contributed by atoms with E-state index in [1.807, 2.05) is 41.5 Å². The summed E-state index contributed by atoms with van der Waals surface area (Å²) in [5.74, 6) is -1.37. The lowest BCUT2D eigenvalue weighted by Gasteiger charge is -2.31. The monoisotopic (exact) mass is 752 g/mol. The van der Waals surface area contributed by atoms with E-state index in [2.05, 4.69) is 9.44 Å². The molecule has 0 unspecified atom stereocenters. The van der Waals surface area contributed by atoms with Crippen LogP contribution >= 0.6 is 0 Å². The van der Waals surface area contributed by atoms with E-state index in [-0.39, 0.29) is 99.3 Å². The van der Waals surface area contributed by atoms with Crippen molar-refractivity contribution in [1.29, 1.82) is 0 Å². The summed E-state index contributed by atoms with van der Waals surface area (Å²) in [6.07, 6.45) is 1.13. The van der Waals surface area contributed by atoms with Crippen LogP contribution < -0.4 is 9.44 Å². The lowest BCUT2D eigenvalue weighted by molar-refractivity contribution is -0.136. The second kappa shape index (κ2) is 20.4. The van der Waals surface area contributed by atoms with Crippen molar-refractivity contribution in [2.75, 3.05) is 65.8 Å². The number of carbonyl (C=O) groups excluding carboxylic acids is 2. The topological polar surface area (TPSA) is 161 Å². The summed E-state index contributed by atoms with van der Waals surface area (Å²) in [5.41, 5.74) is 1.84. The van der Waals surface area contributed by atoms with Crippen molar-refractivity contribution in [2.45, 2.75) is 76.3 Å². The number of carbonyl (C=O) groups is 2. The second-order valence-corrected chi connectivity index (χ2v) is 16.5. The Bertz CT molecular complexity index is 1480. The van der Waals surface area contributed by atoms with E-state index in [4.69, 9.17) is 14.2 Å². The first kappa shape index (κ1) is 42.5. The van der Waals surface area contributed by atoms with Crippen LogP contribution in [0.2, 0.25) is 0 Å². The third-order valence-electron chi connectivity index (χ3n) is 9.20. The maximum absolute atomic E-state index is 14.0. The van der Waals surface area contributed by atoms with Crippen molar-refractivity contribution in [2.24, 2.45) is 11.8 Å². The Kier molecular flexibility index (Phi) is 17.0. The van der Waals surface area contributed by atoms with Gasteiger partial charge in [0.2, 0.25) is 31.9 Å². The third-order valence-corrected chi connectivity index (χ3v) is 12.1. The molecule has 0 spiro atoms. The molecule has 1 saturated heterocycles. The Morgan fingerprint density at radius 3 is 1.18 bits per heavy atom. The first-order valence-electron chi connectivity index (χ1n) is 17.7. The van der Waals surface area contributed by atoms with Gasteiger partial charge in [-0.3, -0.25) is 9.59 Å². The van der Waals surface area contributed by atoms with Crippen molar-refractivity contribution in [3.05, 3.63) is 59.7 Å². The van der Waals surface area contributed by atoms with Crippen LogP contribution in [0.5, 0.6) is 0 Å². The minimum absolute atomic E-state index is 0.0792. The van der Waals surface area contributed by atoms with E-state index in [0.717, 1.165) is 11.1 Å². The predicted molar refractivity (Wildman–Crippen MR) is 195 cm³/mol. The molecule has 1 heterocycles. The number of nitrogens with zero attached hydrogens (tertiary/aromatic N) is 2. The minimum Gasteiger partial charge on any atom is -0.378 e. The van der Waals surface area contributed by atoms with E-state index in [9.17, 15) is 26.4 Å². The normalized spacial score (nSPS) is 18.5. The predicted octanol–water partition coefficient (Wildman–Crippen LogP) is 3.11. The van der Waals surface area contributed by atoms with Gasteiger partial charge in [-0.25, -0.2) is 16.8 Å². The van der Waals surface area contributed by atoms with Gasteiger partial charge < -0.3 is 24.0 Å². The van der Waals surface area contributed by atoms with Gasteiger partial charge in [-0.05, 0) is 49.9 Å². The Morgan fingerprint density at radius 2 is 0.882 bits per heavy atom. The first-order chi connectivity index (χ1) is 24.2. The van der Waals surface area contributed by atoms with Gasteiger partial charge in [0.1, 0.15) is 12.1 Å². The van der Waals surface area contributed by atoms with Crippen LogP contribution in [0.3, 0.4) is 0 Å². The molecule has 0 bridgehead atoms. The summed E-state index contributed by atoms with van der Waals surface area (Å²) in [7, 11) is -7.97. The number of aryl methyl sites for hydroxylation is 2. The van der Waals surface area contributed by atoms with Crippen LogP contribution in [0.1, 0.15) is 51.7 Å². The summed E-state index contributed by atoms with van der Waals surface area (Å²) in [6.45, 7) is 13.1. The fourth-order valence-corrected chi connectivity index (χ4v) is 7.97. The molecular formula is C36H56N4O9S2. The van der Waals surface area contributed by atoms with Crippen molar-refractivity contribution in [3.8, 4) is 0 Å². The van der Waals surface area contributed by atoms with Crippen molar-refractivity contribution >= 4 is 31.9 Å². The highest BCUT2D eigenvalue weighted by atomic mass is 32.2. The van der Waals surface area contributed by atoms with Gasteiger partial charge in [0.05, 0.1) is 49.4 Å². The first-order valence-corrected chi connectivity index (χ1v) is 20.7. The van der Waals surface area contributed by atoms with E-state index in [0.29, 0.717) is 12.8 Å². The number of rotatable bonds is 12. The number of benzene rings is 2. The fraction of sp³-hybridized carbons (Fsp3) is 0.611. The van der Waals surface area contributed by atoms with Gasteiger partial charge in [-0.15, -0.1) is 0 Å². The SMILES string of the molecule is CC[C@H](C)[C@H](NS(=O)(=O)c1ccc(C)cc1)C(=O)N1CCOCCOCCN(C(=O)[C@H](NS(=O)(=O)c2ccc(C)cc2)[C@@H](C)CC)CCOCC1. The van der Waals surface area contributed by atoms with Gasteiger partial charge >= 0.3 is 0 Å². The zero-order valence-electron chi connectivity index (χ0n) is 30.8. The maximum Gasteiger partial charge on any atom is 0.241 e. The average Bonchev–Trinajstić information content (AvgIpc) is 3.12. The molecule has 0 aliphatic carbocycles. The molecule has 2 N–H and O–H groups in total.